The first-order valence-corrected chi connectivity index (χ1v) is 5.96. The Kier molecular flexibility index (Phi) is 5.30. The summed E-state index contributed by atoms with van der Waals surface area (Å²) in [5.41, 5.74) is 6.24. The molecule has 0 aliphatic carbocycles. The molecule has 0 aliphatic rings. The molecule has 3 N–H and O–H groups in total. The van der Waals surface area contributed by atoms with E-state index < -0.39 is 6.10 Å². The smallest absolute Gasteiger partial charge is 0.260 e. The summed E-state index contributed by atoms with van der Waals surface area (Å²) in [6, 6.07) is 5.07. The summed E-state index contributed by atoms with van der Waals surface area (Å²) in [6.45, 7) is 4.32. The summed E-state index contributed by atoms with van der Waals surface area (Å²) in [5.74, 6) is 0.873. The number of anilines is 1. The van der Waals surface area contributed by atoms with Crippen LogP contribution in [0.5, 0.6) is 11.5 Å². The molecule has 0 saturated carbocycles. The van der Waals surface area contributed by atoms with Crippen LogP contribution in [-0.4, -0.2) is 25.7 Å². The molecule has 5 nitrogen and oxygen atoms in total. The lowest BCUT2D eigenvalue weighted by molar-refractivity contribution is -0.127. The van der Waals surface area contributed by atoms with Crippen molar-refractivity contribution in [2.24, 2.45) is 0 Å². The van der Waals surface area contributed by atoms with Crippen molar-refractivity contribution in [2.45, 2.75) is 26.4 Å². The highest BCUT2D eigenvalue weighted by atomic mass is 16.5. The van der Waals surface area contributed by atoms with Crippen molar-refractivity contribution in [3.63, 3.8) is 0 Å². The number of nitrogens with two attached hydrogens (primary N) is 1. The van der Waals surface area contributed by atoms with Crippen molar-refractivity contribution in [1.29, 1.82) is 0 Å². The Labute approximate surface area is 107 Å². The van der Waals surface area contributed by atoms with E-state index in [1.165, 1.54) is 0 Å². The summed E-state index contributed by atoms with van der Waals surface area (Å²) >= 11 is 0. The van der Waals surface area contributed by atoms with Gasteiger partial charge < -0.3 is 20.5 Å². The fourth-order valence-corrected chi connectivity index (χ4v) is 1.42. The molecule has 0 heterocycles. The largest absolute Gasteiger partial charge is 0.493 e. The molecule has 0 spiro atoms. The molecular formula is C13H20N2O3. The van der Waals surface area contributed by atoms with Gasteiger partial charge in [0.1, 0.15) is 0 Å². The van der Waals surface area contributed by atoms with Crippen LogP contribution in [0, 0.1) is 0 Å². The highest BCUT2D eigenvalue weighted by molar-refractivity contribution is 5.80. The topological polar surface area (TPSA) is 73.6 Å². The van der Waals surface area contributed by atoms with Gasteiger partial charge in [-0.3, -0.25) is 4.79 Å². The van der Waals surface area contributed by atoms with E-state index in [0.717, 1.165) is 6.42 Å². The van der Waals surface area contributed by atoms with Crippen molar-refractivity contribution in [1.82, 2.24) is 5.32 Å². The van der Waals surface area contributed by atoms with Crippen LogP contribution >= 0.6 is 0 Å². The van der Waals surface area contributed by atoms with Gasteiger partial charge in [0.25, 0.3) is 5.91 Å². The second-order valence-corrected chi connectivity index (χ2v) is 3.96. The molecule has 0 fully saturated rings. The first-order valence-electron chi connectivity index (χ1n) is 5.96. The monoisotopic (exact) mass is 252 g/mol. The van der Waals surface area contributed by atoms with Gasteiger partial charge in [-0.2, -0.15) is 0 Å². The molecule has 1 aromatic rings. The van der Waals surface area contributed by atoms with Gasteiger partial charge in [-0.25, -0.2) is 0 Å². The third-order valence-corrected chi connectivity index (χ3v) is 2.41. The second-order valence-electron chi connectivity index (χ2n) is 3.96. The van der Waals surface area contributed by atoms with Gasteiger partial charge in [-0.15, -0.1) is 0 Å². The minimum absolute atomic E-state index is 0.152. The van der Waals surface area contributed by atoms with Gasteiger partial charge in [-0.05, 0) is 25.5 Å². The van der Waals surface area contributed by atoms with Crippen LogP contribution in [0.2, 0.25) is 0 Å². The molecule has 0 aliphatic heterocycles. The van der Waals surface area contributed by atoms with Gasteiger partial charge in [0.2, 0.25) is 0 Å². The number of carbonyl (C=O) groups is 1. The lowest BCUT2D eigenvalue weighted by Gasteiger charge is -2.16. The maximum absolute atomic E-state index is 11.7. The Balaban J connectivity index is 2.71. The summed E-state index contributed by atoms with van der Waals surface area (Å²) in [4.78, 5) is 11.7. The van der Waals surface area contributed by atoms with Crippen LogP contribution in [0.25, 0.3) is 0 Å². The molecule has 100 valence electrons. The minimum atomic E-state index is -0.591. The fraction of sp³-hybridized carbons (Fsp3) is 0.462. The van der Waals surface area contributed by atoms with Gasteiger partial charge in [0.05, 0.1) is 7.11 Å². The third kappa shape index (κ3) is 3.84. The zero-order valence-electron chi connectivity index (χ0n) is 11.0. The fourth-order valence-electron chi connectivity index (χ4n) is 1.42. The number of carbonyl (C=O) groups excluding carboxylic acids is 1. The Hall–Kier alpha value is -1.91. The lowest BCUT2D eigenvalue weighted by atomic mass is 10.2. The number of ether oxygens (including phenoxy) is 2. The van der Waals surface area contributed by atoms with Crippen LogP contribution in [0.4, 0.5) is 5.69 Å². The first-order chi connectivity index (χ1) is 8.58. The van der Waals surface area contributed by atoms with E-state index in [1.807, 2.05) is 6.92 Å². The molecular weight excluding hydrogens is 232 g/mol. The number of amides is 1. The standard InChI is InChI=1S/C13H20N2O3/c1-4-7-15-13(16)9(2)18-12-8-10(14)5-6-11(12)17-3/h5-6,8-9H,4,7,14H2,1-3H3,(H,15,16). The van der Waals surface area contributed by atoms with Crippen LogP contribution in [0.3, 0.4) is 0 Å². The van der Waals surface area contributed by atoms with Crippen LogP contribution in [-0.2, 0) is 4.79 Å². The zero-order chi connectivity index (χ0) is 13.5. The normalized spacial score (nSPS) is 11.7. The summed E-state index contributed by atoms with van der Waals surface area (Å²) < 4.78 is 10.7. The van der Waals surface area contributed by atoms with Crippen molar-refractivity contribution in [3.8, 4) is 11.5 Å². The third-order valence-electron chi connectivity index (χ3n) is 2.41. The Bertz CT molecular complexity index is 407. The van der Waals surface area contributed by atoms with Crippen LogP contribution in [0.1, 0.15) is 20.3 Å². The van der Waals surface area contributed by atoms with E-state index in [-0.39, 0.29) is 5.91 Å². The van der Waals surface area contributed by atoms with Crippen molar-refractivity contribution < 1.29 is 14.3 Å². The predicted molar refractivity (Wildman–Crippen MR) is 70.8 cm³/mol. The Morgan fingerprint density at radius 3 is 2.78 bits per heavy atom. The van der Waals surface area contributed by atoms with Crippen molar-refractivity contribution >= 4 is 11.6 Å². The van der Waals surface area contributed by atoms with Crippen LogP contribution in [0.15, 0.2) is 18.2 Å². The van der Waals surface area contributed by atoms with E-state index in [2.05, 4.69) is 5.32 Å². The molecule has 1 rings (SSSR count). The number of nitrogens with one attached hydrogen (secondary N) is 1. The summed E-state index contributed by atoms with van der Waals surface area (Å²) in [6.07, 6.45) is 0.298. The van der Waals surface area contributed by atoms with Gasteiger partial charge in [0.15, 0.2) is 17.6 Å². The minimum Gasteiger partial charge on any atom is -0.493 e. The number of hydrogen-bond donors (Lipinski definition) is 2. The molecule has 0 radical (unpaired) electrons. The summed E-state index contributed by atoms with van der Waals surface area (Å²) in [7, 11) is 1.54. The highest BCUT2D eigenvalue weighted by Crippen LogP contribution is 2.29. The first kappa shape index (κ1) is 14.2. The molecule has 0 aromatic heterocycles. The lowest BCUT2D eigenvalue weighted by Crippen LogP contribution is -2.36. The van der Waals surface area contributed by atoms with Gasteiger partial charge in [-0.1, -0.05) is 6.92 Å². The quantitative estimate of drug-likeness (QED) is 0.754. The van der Waals surface area contributed by atoms with Gasteiger partial charge >= 0.3 is 0 Å². The van der Waals surface area contributed by atoms with E-state index in [0.29, 0.717) is 23.7 Å². The zero-order valence-corrected chi connectivity index (χ0v) is 11.0. The number of benzene rings is 1. The average Bonchev–Trinajstić information content (AvgIpc) is 2.36. The number of hydrogen-bond acceptors (Lipinski definition) is 4. The molecule has 18 heavy (non-hydrogen) atoms. The molecule has 1 atom stereocenters. The van der Waals surface area contributed by atoms with Crippen molar-refractivity contribution in [2.75, 3.05) is 19.4 Å². The molecule has 5 heteroatoms. The maximum Gasteiger partial charge on any atom is 0.260 e. The predicted octanol–water partition coefficient (Wildman–Crippen LogP) is 1.57. The van der Waals surface area contributed by atoms with Gasteiger partial charge in [0, 0.05) is 18.3 Å². The molecule has 0 saturated heterocycles. The molecule has 1 unspecified atom stereocenters. The molecule has 1 amide bonds. The SMILES string of the molecule is CCCNC(=O)C(C)Oc1cc(N)ccc1OC. The van der Waals surface area contributed by atoms with Crippen molar-refractivity contribution in [3.05, 3.63) is 18.2 Å². The highest BCUT2D eigenvalue weighted by Gasteiger charge is 2.16. The number of rotatable bonds is 6. The second kappa shape index (κ2) is 6.74. The number of methoxy groups -OCH3 is 1. The van der Waals surface area contributed by atoms with Crippen LogP contribution < -0.4 is 20.5 Å². The Morgan fingerprint density at radius 2 is 2.17 bits per heavy atom. The molecule has 0 bridgehead atoms. The van der Waals surface area contributed by atoms with E-state index in [4.69, 9.17) is 15.2 Å². The van der Waals surface area contributed by atoms with E-state index in [9.17, 15) is 4.79 Å². The average molecular weight is 252 g/mol. The number of nitrogen functional groups attached to an aromatic ring is 1. The molecule has 1 aromatic carbocycles. The van der Waals surface area contributed by atoms with E-state index >= 15 is 0 Å². The van der Waals surface area contributed by atoms with E-state index in [1.54, 1.807) is 32.2 Å². The summed E-state index contributed by atoms with van der Waals surface area (Å²) in [5, 5.41) is 2.77. The maximum atomic E-state index is 11.7. The Morgan fingerprint density at radius 1 is 1.44 bits per heavy atom.